The van der Waals surface area contributed by atoms with Crippen molar-refractivity contribution in [2.75, 3.05) is 18.1 Å². The van der Waals surface area contributed by atoms with E-state index in [1.54, 1.807) is 24.8 Å². The van der Waals surface area contributed by atoms with Gasteiger partial charge in [0.15, 0.2) is 6.61 Å². The van der Waals surface area contributed by atoms with Crippen LogP contribution in [-0.4, -0.2) is 31.5 Å². The predicted molar refractivity (Wildman–Crippen MR) is 133 cm³/mol. The van der Waals surface area contributed by atoms with Crippen LogP contribution in [0.1, 0.15) is 34.0 Å². The lowest BCUT2D eigenvalue weighted by Crippen LogP contribution is -2.23. The zero-order valence-corrected chi connectivity index (χ0v) is 20.9. The molecule has 0 atom stereocenters. The van der Waals surface area contributed by atoms with E-state index in [2.05, 4.69) is 4.74 Å². The minimum Gasteiger partial charge on any atom is -0.482 e. The molecule has 0 bridgehead atoms. The van der Waals surface area contributed by atoms with Crippen LogP contribution in [-0.2, 0) is 21.8 Å². The number of esters is 1. The second-order valence-corrected chi connectivity index (χ2v) is 9.23. The molecule has 1 aliphatic rings. The smallest absolute Gasteiger partial charge is 0.482 e. The first-order valence-electron chi connectivity index (χ1n) is 11.4. The molecule has 0 saturated heterocycles. The highest BCUT2D eigenvalue weighted by atomic mass is 32.2. The number of nitrogens with zero attached hydrogens (tertiary/aromatic N) is 1. The van der Waals surface area contributed by atoms with Crippen LogP contribution in [0.25, 0.3) is 0 Å². The molecule has 0 N–H and O–H groups in total. The first-order valence-corrected chi connectivity index (χ1v) is 12.4. The van der Waals surface area contributed by atoms with Gasteiger partial charge in [0, 0.05) is 21.9 Å². The number of thioether (sulfide) groups is 1. The molecule has 10 heteroatoms. The summed E-state index contributed by atoms with van der Waals surface area (Å²) in [5.74, 6) is 0.249. The Balaban J connectivity index is 1.42. The van der Waals surface area contributed by atoms with Gasteiger partial charge in [-0.3, -0.25) is 4.79 Å². The van der Waals surface area contributed by atoms with Crippen molar-refractivity contribution in [1.82, 2.24) is 0 Å². The lowest BCUT2D eigenvalue weighted by Gasteiger charge is -2.17. The third-order valence-corrected chi connectivity index (χ3v) is 6.68. The summed E-state index contributed by atoms with van der Waals surface area (Å²) >= 11 is 1.60. The number of hydrogen-bond donors (Lipinski definition) is 0. The molecule has 37 heavy (non-hydrogen) atoms. The lowest BCUT2D eigenvalue weighted by molar-refractivity contribution is -0.274. The van der Waals surface area contributed by atoms with Crippen LogP contribution in [0.5, 0.6) is 11.5 Å². The van der Waals surface area contributed by atoms with E-state index in [4.69, 9.17) is 9.47 Å². The number of fused-ring (bicyclic) bond motifs is 1. The van der Waals surface area contributed by atoms with Crippen LogP contribution >= 0.6 is 11.8 Å². The predicted octanol–water partition coefficient (Wildman–Crippen LogP) is 6.29. The molecule has 0 spiro atoms. The van der Waals surface area contributed by atoms with Gasteiger partial charge in [0.05, 0.1) is 13.2 Å². The van der Waals surface area contributed by atoms with Crippen molar-refractivity contribution in [2.45, 2.75) is 37.4 Å². The Bertz CT molecular complexity index is 1290. The fourth-order valence-electron chi connectivity index (χ4n) is 3.94. The maximum absolute atomic E-state index is 13.0. The summed E-state index contributed by atoms with van der Waals surface area (Å²) in [7, 11) is 0. The second-order valence-electron chi connectivity index (χ2n) is 8.19. The Morgan fingerprint density at radius 2 is 1.84 bits per heavy atom. The van der Waals surface area contributed by atoms with Gasteiger partial charge in [-0.05, 0) is 79.1 Å². The molecule has 0 unspecified atom stereocenters. The Labute approximate surface area is 216 Å². The SMILES string of the molecule is CCOC(=O)COc1ccc(SCc2cccc3c2CN(c2ccc(OC(F)(F)F)cc2)C3=O)cc1C. The first-order chi connectivity index (χ1) is 17.6. The highest BCUT2D eigenvalue weighted by molar-refractivity contribution is 7.98. The van der Waals surface area contributed by atoms with Gasteiger partial charge in [0.25, 0.3) is 5.91 Å². The maximum Gasteiger partial charge on any atom is 0.573 e. The van der Waals surface area contributed by atoms with E-state index < -0.39 is 12.3 Å². The Hall–Kier alpha value is -3.66. The second kappa shape index (κ2) is 11.2. The maximum atomic E-state index is 13.0. The molecule has 4 rings (SSSR count). The van der Waals surface area contributed by atoms with E-state index in [-0.39, 0.29) is 18.3 Å². The van der Waals surface area contributed by atoms with Crippen molar-refractivity contribution in [3.05, 3.63) is 82.9 Å². The van der Waals surface area contributed by atoms with Gasteiger partial charge in [-0.1, -0.05) is 12.1 Å². The normalized spacial score (nSPS) is 12.9. The van der Waals surface area contributed by atoms with Crippen molar-refractivity contribution in [1.29, 1.82) is 0 Å². The molecule has 0 saturated carbocycles. The van der Waals surface area contributed by atoms with Crippen molar-refractivity contribution in [3.63, 3.8) is 0 Å². The fourth-order valence-corrected chi connectivity index (χ4v) is 4.96. The van der Waals surface area contributed by atoms with Gasteiger partial charge in [-0.25, -0.2) is 4.79 Å². The Kier molecular flexibility index (Phi) is 7.97. The molecule has 0 fully saturated rings. The molecular formula is C27H24F3NO5S. The van der Waals surface area contributed by atoms with Crippen LogP contribution in [0, 0.1) is 6.92 Å². The average Bonchev–Trinajstić information content (AvgIpc) is 3.19. The number of halogens is 3. The molecule has 6 nitrogen and oxygen atoms in total. The number of benzene rings is 3. The van der Waals surface area contributed by atoms with Gasteiger partial charge in [-0.15, -0.1) is 24.9 Å². The number of rotatable bonds is 9. The number of aryl methyl sites for hydroxylation is 1. The van der Waals surface area contributed by atoms with E-state index >= 15 is 0 Å². The monoisotopic (exact) mass is 531 g/mol. The van der Waals surface area contributed by atoms with Crippen LogP contribution < -0.4 is 14.4 Å². The van der Waals surface area contributed by atoms with E-state index in [0.29, 0.717) is 35.9 Å². The van der Waals surface area contributed by atoms with Gasteiger partial charge in [0.1, 0.15) is 11.5 Å². The summed E-state index contributed by atoms with van der Waals surface area (Å²) in [6, 6.07) is 16.5. The van der Waals surface area contributed by atoms with Crippen molar-refractivity contribution >= 4 is 29.3 Å². The molecule has 0 radical (unpaired) electrons. The third-order valence-electron chi connectivity index (χ3n) is 5.64. The fraction of sp³-hybridized carbons (Fsp3) is 0.259. The zero-order chi connectivity index (χ0) is 26.6. The van der Waals surface area contributed by atoms with Crippen LogP contribution in [0.3, 0.4) is 0 Å². The number of carbonyl (C=O) groups excluding carboxylic acids is 2. The summed E-state index contributed by atoms with van der Waals surface area (Å²) in [6.45, 7) is 4.10. The summed E-state index contributed by atoms with van der Waals surface area (Å²) in [6.07, 6.45) is -4.78. The van der Waals surface area contributed by atoms with E-state index in [9.17, 15) is 22.8 Å². The van der Waals surface area contributed by atoms with Crippen molar-refractivity contribution in [2.24, 2.45) is 0 Å². The van der Waals surface area contributed by atoms with Crippen LogP contribution in [0.15, 0.2) is 65.6 Å². The number of amides is 1. The van der Waals surface area contributed by atoms with Crippen LogP contribution in [0.4, 0.5) is 18.9 Å². The van der Waals surface area contributed by atoms with Crippen molar-refractivity contribution in [3.8, 4) is 11.5 Å². The number of ether oxygens (including phenoxy) is 3. The Morgan fingerprint density at radius 3 is 2.51 bits per heavy atom. The van der Waals surface area contributed by atoms with Gasteiger partial charge < -0.3 is 19.1 Å². The summed E-state index contributed by atoms with van der Waals surface area (Å²) in [5, 5.41) is 0. The summed E-state index contributed by atoms with van der Waals surface area (Å²) in [4.78, 5) is 27.1. The highest BCUT2D eigenvalue weighted by Crippen LogP contribution is 2.35. The third kappa shape index (κ3) is 6.56. The molecule has 1 amide bonds. The largest absolute Gasteiger partial charge is 0.573 e. The molecule has 3 aromatic carbocycles. The summed E-state index contributed by atoms with van der Waals surface area (Å²) in [5.41, 5.74) is 3.83. The molecule has 0 aliphatic carbocycles. The van der Waals surface area contributed by atoms with Gasteiger partial charge >= 0.3 is 12.3 Å². The lowest BCUT2D eigenvalue weighted by atomic mass is 10.0. The average molecular weight is 532 g/mol. The summed E-state index contributed by atoms with van der Waals surface area (Å²) < 4.78 is 51.7. The van der Waals surface area contributed by atoms with E-state index in [1.807, 2.05) is 37.3 Å². The topological polar surface area (TPSA) is 65.1 Å². The molecule has 3 aromatic rings. The molecule has 194 valence electrons. The van der Waals surface area contributed by atoms with Gasteiger partial charge in [0.2, 0.25) is 0 Å². The highest BCUT2D eigenvalue weighted by Gasteiger charge is 2.32. The molecule has 1 aliphatic heterocycles. The van der Waals surface area contributed by atoms with Crippen molar-refractivity contribution < 1.29 is 37.0 Å². The van der Waals surface area contributed by atoms with E-state index in [0.717, 1.165) is 21.6 Å². The number of alkyl halides is 3. The van der Waals surface area contributed by atoms with Crippen LogP contribution in [0.2, 0.25) is 0 Å². The minimum atomic E-state index is -4.78. The molecule has 0 aromatic heterocycles. The number of anilines is 1. The molecular weight excluding hydrogens is 507 g/mol. The first kappa shape index (κ1) is 26.4. The Morgan fingerprint density at radius 1 is 1.08 bits per heavy atom. The van der Waals surface area contributed by atoms with E-state index in [1.165, 1.54) is 29.2 Å². The number of carbonyl (C=O) groups is 2. The van der Waals surface area contributed by atoms with Gasteiger partial charge in [-0.2, -0.15) is 0 Å². The standard InChI is InChI=1S/C27H24F3NO5S/c1-3-34-25(32)15-35-24-12-11-21(13-17(24)2)37-16-18-5-4-6-22-23(18)14-31(26(22)33)19-7-9-20(10-8-19)36-27(28,29)30/h4-13H,3,14-16H2,1-2H3. The quantitative estimate of drug-likeness (QED) is 0.239. The molecule has 1 heterocycles. The minimum absolute atomic E-state index is 0.153. The zero-order valence-electron chi connectivity index (χ0n) is 20.1. The number of hydrogen-bond acceptors (Lipinski definition) is 6.